The number of anilines is 1. The summed E-state index contributed by atoms with van der Waals surface area (Å²) >= 11 is 6.11. The summed E-state index contributed by atoms with van der Waals surface area (Å²) in [5, 5.41) is 3.66. The van der Waals surface area contributed by atoms with Gasteiger partial charge in [-0.25, -0.2) is 4.79 Å². The number of benzene rings is 1. The number of imide groups is 1. The lowest BCUT2D eigenvalue weighted by Gasteiger charge is -2.27. The van der Waals surface area contributed by atoms with Crippen molar-refractivity contribution in [3.05, 3.63) is 35.5 Å². The van der Waals surface area contributed by atoms with Gasteiger partial charge in [-0.3, -0.25) is 20.0 Å². The van der Waals surface area contributed by atoms with Crippen LogP contribution in [0.3, 0.4) is 0 Å². The molecule has 0 atom stereocenters. The van der Waals surface area contributed by atoms with Crippen LogP contribution >= 0.6 is 11.6 Å². The smallest absolute Gasteiger partial charge is 0.291 e. The monoisotopic (exact) mass is 275 g/mol. The highest BCUT2D eigenvalue weighted by Gasteiger charge is 2.26. The van der Waals surface area contributed by atoms with Crippen LogP contribution in [0.4, 0.5) is 10.5 Å². The van der Waals surface area contributed by atoms with Crippen molar-refractivity contribution in [3.63, 3.8) is 0 Å². The number of halogens is 1. The number of urea groups is 1. The molecule has 1 N–H and O–H groups in total. The molecule has 1 aliphatic rings. The minimum atomic E-state index is -0.425. The molecule has 0 radical (unpaired) electrons. The fourth-order valence-corrected chi connectivity index (χ4v) is 2.35. The Balaban J connectivity index is 2.13. The van der Waals surface area contributed by atoms with Gasteiger partial charge in [-0.05, 0) is 24.3 Å². The molecule has 1 aromatic carbocycles. The molecular weight excluding hydrogens is 266 g/mol. The number of nitrogens with one attached hydrogen (secondary N) is 1. The minimum absolute atomic E-state index is 0.257. The first-order chi connectivity index (χ1) is 9.16. The first kappa shape index (κ1) is 11.9. The lowest BCUT2D eigenvalue weighted by atomic mass is 10.1. The third-order valence-electron chi connectivity index (χ3n) is 3.04. The molecule has 19 heavy (non-hydrogen) atoms. The SMILES string of the molecule is O=C1CCN(c2ccc(Cl)c3cccnc23)C(=O)N1. The Hall–Kier alpha value is -2.14. The highest BCUT2D eigenvalue weighted by Crippen LogP contribution is 2.31. The summed E-state index contributed by atoms with van der Waals surface area (Å²) in [5.74, 6) is -0.257. The van der Waals surface area contributed by atoms with Crippen molar-refractivity contribution in [2.24, 2.45) is 0 Å². The molecule has 1 aromatic heterocycles. The molecule has 0 spiro atoms. The van der Waals surface area contributed by atoms with Gasteiger partial charge in [0.2, 0.25) is 5.91 Å². The second-order valence-corrected chi connectivity index (χ2v) is 4.63. The fraction of sp³-hybridized carbons (Fsp3) is 0.154. The van der Waals surface area contributed by atoms with E-state index in [1.165, 1.54) is 4.90 Å². The van der Waals surface area contributed by atoms with Crippen molar-refractivity contribution in [2.75, 3.05) is 11.4 Å². The maximum atomic E-state index is 11.9. The predicted octanol–water partition coefficient (Wildman–Crippen LogP) is 2.33. The van der Waals surface area contributed by atoms with Gasteiger partial charge in [0, 0.05) is 24.5 Å². The Morgan fingerprint density at radius 1 is 1.26 bits per heavy atom. The Bertz CT molecular complexity index is 687. The lowest BCUT2D eigenvalue weighted by molar-refractivity contribution is -0.120. The zero-order valence-electron chi connectivity index (χ0n) is 9.89. The number of amides is 3. The summed E-state index contributed by atoms with van der Waals surface area (Å²) in [4.78, 5) is 28.8. The Labute approximate surface area is 114 Å². The van der Waals surface area contributed by atoms with E-state index in [-0.39, 0.29) is 12.3 Å². The number of aromatic nitrogens is 1. The van der Waals surface area contributed by atoms with Crippen LogP contribution in [0.5, 0.6) is 0 Å². The van der Waals surface area contributed by atoms with Gasteiger partial charge in [-0.2, -0.15) is 0 Å². The Morgan fingerprint density at radius 3 is 2.89 bits per heavy atom. The highest BCUT2D eigenvalue weighted by molar-refractivity contribution is 6.36. The molecule has 1 saturated heterocycles. The van der Waals surface area contributed by atoms with Gasteiger partial charge in [0.1, 0.15) is 0 Å². The van der Waals surface area contributed by atoms with Crippen LogP contribution in [-0.2, 0) is 4.79 Å². The number of nitrogens with zero attached hydrogens (tertiary/aromatic N) is 2. The van der Waals surface area contributed by atoms with Crippen molar-refractivity contribution >= 4 is 40.1 Å². The van der Waals surface area contributed by atoms with Gasteiger partial charge in [0.25, 0.3) is 0 Å². The highest BCUT2D eigenvalue weighted by atomic mass is 35.5. The van der Waals surface area contributed by atoms with E-state index in [4.69, 9.17) is 11.6 Å². The standard InChI is InChI=1S/C13H10ClN3O2/c14-9-3-4-10(12-8(9)2-1-6-15-12)17-7-5-11(18)16-13(17)19/h1-4,6H,5,7H2,(H,16,18,19). The molecule has 6 heteroatoms. The largest absolute Gasteiger partial charge is 0.328 e. The lowest BCUT2D eigenvalue weighted by Crippen LogP contribution is -2.49. The first-order valence-electron chi connectivity index (χ1n) is 5.81. The summed E-state index contributed by atoms with van der Waals surface area (Å²) in [6.07, 6.45) is 1.93. The van der Waals surface area contributed by atoms with E-state index in [1.54, 1.807) is 24.4 Å². The van der Waals surface area contributed by atoms with Crippen molar-refractivity contribution in [2.45, 2.75) is 6.42 Å². The van der Waals surface area contributed by atoms with Gasteiger partial charge in [0.05, 0.1) is 16.2 Å². The van der Waals surface area contributed by atoms with Crippen LogP contribution in [0.15, 0.2) is 30.5 Å². The van der Waals surface area contributed by atoms with E-state index in [9.17, 15) is 9.59 Å². The van der Waals surface area contributed by atoms with Crippen LogP contribution in [0.1, 0.15) is 6.42 Å². The van der Waals surface area contributed by atoms with Gasteiger partial charge in [0.15, 0.2) is 0 Å². The Morgan fingerprint density at radius 2 is 2.11 bits per heavy atom. The van der Waals surface area contributed by atoms with E-state index < -0.39 is 6.03 Å². The van der Waals surface area contributed by atoms with Gasteiger partial charge in [-0.1, -0.05) is 11.6 Å². The van der Waals surface area contributed by atoms with E-state index in [0.717, 1.165) is 5.39 Å². The fourth-order valence-electron chi connectivity index (χ4n) is 2.13. The number of carbonyl (C=O) groups is 2. The summed E-state index contributed by atoms with van der Waals surface area (Å²) < 4.78 is 0. The summed E-state index contributed by atoms with van der Waals surface area (Å²) in [6.45, 7) is 0.345. The Kier molecular flexibility index (Phi) is 2.83. The quantitative estimate of drug-likeness (QED) is 0.869. The maximum Gasteiger partial charge on any atom is 0.328 e. The van der Waals surface area contributed by atoms with Crippen LogP contribution in [-0.4, -0.2) is 23.5 Å². The summed E-state index contributed by atoms with van der Waals surface area (Å²) in [5.41, 5.74) is 1.31. The van der Waals surface area contributed by atoms with Gasteiger partial charge >= 0.3 is 6.03 Å². The predicted molar refractivity (Wildman–Crippen MR) is 72.3 cm³/mol. The zero-order valence-corrected chi connectivity index (χ0v) is 10.6. The number of hydrogen-bond acceptors (Lipinski definition) is 3. The number of fused-ring (bicyclic) bond motifs is 1. The molecule has 2 heterocycles. The minimum Gasteiger partial charge on any atom is -0.291 e. The van der Waals surface area contributed by atoms with Crippen LogP contribution in [0.2, 0.25) is 5.02 Å². The number of hydrogen-bond donors (Lipinski definition) is 1. The average molecular weight is 276 g/mol. The second kappa shape index (κ2) is 4.51. The third kappa shape index (κ3) is 2.02. The van der Waals surface area contributed by atoms with E-state index in [0.29, 0.717) is 22.8 Å². The van der Waals surface area contributed by atoms with Crippen molar-refractivity contribution < 1.29 is 9.59 Å². The average Bonchev–Trinajstić information content (AvgIpc) is 2.41. The van der Waals surface area contributed by atoms with E-state index in [2.05, 4.69) is 10.3 Å². The van der Waals surface area contributed by atoms with E-state index >= 15 is 0 Å². The molecule has 2 aromatic rings. The maximum absolute atomic E-state index is 11.9. The number of rotatable bonds is 1. The molecule has 1 fully saturated rings. The molecule has 96 valence electrons. The molecular formula is C13H10ClN3O2. The molecule has 5 nitrogen and oxygen atoms in total. The van der Waals surface area contributed by atoms with Crippen molar-refractivity contribution in [1.29, 1.82) is 0 Å². The van der Waals surface area contributed by atoms with Crippen molar-refractivity contribution in [3.8, 4) is 0 Å². The van der Waals surface area contributed by atoms with Crippen LogP contribution in [0, 0.1) is 0 Å². The topological polar surface area (TPSA) is 62.3 Å². The summed E-state index contributed by atoms with van der Waals surface area (Å²) in [7, 11) is 0. The molecule has 3 amide bonds. The van der Waals surface area contributed by atoms with Crippen molar-refractivity contribution in [1.82, 2.24) is 10.3 Å². The molecule has 0 aliphatic carbocycles. The molecule has 1 aliphatic heterocycles. The molecule has 0 bridgehead atoms. The first-order valence-corrected chi connectivity index (χ1v) is 6.19. The second-order valence-electron chi connectivity index (χ2n) is 4.22. The van der Waals surface area contributed by atoms with Gasteiger partial charge < -0.3 is 0 Å². The number of pyridine rings is 1. The van der Waals surface area contributed by atoms with Gasteiger partial charge in [-0.15, -0.1) is 0 Å². The molecule has 0 unspecified atom stereocenters. The number of carbonyl (C=O) groups excluding carboxylic acids is 2. The van der Waals surface area contributed by atoms with Crippen LogP contribution < -0.4 is 10.2 Å². The molecule has 3 rings (SSSR count). The normalized spacial score (nSPS) is 15.7. The zero-order chi connectivity index (χ0) is 13.4. The molecule has 0 saturated carbocycles. The van der Waals surface area contributed by atoms with Crippen LogP contribution in [0.25, 0.3) is 10.9 Å². The third-order valence-corrected chi connectivity index (χ3v) is 3.37. The van der Waals surface area contributed by atoms with E-state index in [1.807, 2.05) is 6.07 Å². The summed E-state index contributed by atoms with van der Waals surface area (Å²) in [6, 6.07) is 6.68.